The Morgan fingerprint density at radius 3 is 2.75 bits per heavy atom. The van der Waals surface area contributed by atoms with Crippen molar-refractivity contribution in [3.05, 3.63) is 11.3 Å². The predicted molar refractivity (Wildman–Crippen MR) is 64.2 cm³/mol. The number of aromatic amines is 1. The first-order valence-electron chi connectivity index (χ1n) is 5.70. The molecule has 1 aromatic heterocycles. The molecule has 1 rings (SSSR count). The first-order chi connectivity index (χ1) is 7.60. The molecule has 0 fully saturated rings. The van der Waals surface area contributed by atoms with E-state index in [1.807, 2.05) is 20.8 Å². The van der Waals surface area contributed by atoms with E-state index >= 15 is 0 Å². The van der Waals surface area contributed by atoms with E-state index in [0.717, 1.165) is 24.1 Å². The van der Waals surface area contributed by atoms with Crippen molar-refractivity contribution >= 4 is 11.7 Å². The Kier molecular flexibility index (Phi) is 4.49. The Hall–Kier alpha value is -1.36. The molecule has 0 bridgehead atoms. The van der Waals surface area contributed by atoms with Gasteiger partial charge in [0.1, 0.15) is 0 Å². The van der Waals surface area contributed by atoms with Gasteiger partial charge in [0.05, 0.1) is 6.04 Å². The quantitative estimate of drug-likeness (QED) is 0.705. The molecule has 16 heavy (non-hydrogen) atoms. The van der Waals surface area contributed by atoms with Gasteiger partial charge in [0, 0.05) is 11.3 Å². The highest BCUT2D eigenvalue weighted by Gasteiger charge is 2.15. The summed E-state index contributed by atoms with van der Waals surface area (Å²) in [5.74, 6) is 0.424. The zero-order valence-electron chi connectivity index (χ0n) is 10.1. The lowest BCUT2D eigenvalue weighted by molar-refractivity contribution is -0.117. The van der Waals surface area contributed by atoms with Gasteiger partial charge in [-0.3, -0.25) is 9.89 Å². The molecule has 1 amide bonds. The van der Waals surface area contributed by atoms with Crippen molar-refractivity contribution in [3.8, 4) is 0 Å². The summed E-state index contributed by atoms with van der Waals surface area (Å²) in [4.78, 5) is 11.7. The van der Waals surface area contributed by atoms with Crippen molar-refractivity contribution in [2.75, 3.05) is 5.32 Å². The number of nitrogens with two attached hydrogens (primary N) is 1. The number of hydrogen-bond acceptors (Lipinski definition) is 3. The number of anilines is 1. The van der Waals surface area contributed by atoms with Crippen molar-refractivity contribution in [2.45, 2.75) is 46.1 Å². The maximum absolute atomic E-state index is 11.7. The van der Waals surface area contributed by atoms with Gasteiger partial charge in [0.2, 0.25) is 5.91 Å². The summed E-state index contributed by atoms with van der Waals surface area (Å²) in [6.45, 7) is 5.97. The van der Waals surface area contributed by atoms with Gasteiger partial charge in [0.25, 0.3) is 0 Å². The molecule has 1 unspecified atom stereocenters. The Morgan fingerprint density at radius 1 is 1.56 bits per heavy atom. The summed E-state index contributed by atoms with van der Waals surface area (Å²) in [6.07, 6.45) is 2.46. The molecule has 90 valence electrons. The molecular weight excluding hydrogens is 204 g/mol. The van der Waals surface area contributed by atoms with E-state index in [0.29, 0.717) is 12.2 Å². The van der Waals surface area contributed by atoms with E-state index in [1.54, 1.807) is 0 Å². The maximum atomic E-state index is 11.7. The third-order valence-corrected chi connectivity index (χ3v) is 2.64. The van der Waals surface area contributed by atoms with Crippen LogP contribution in [-0.2, 0) is 11.2 Å². The summed E-state index contributed by atoms with van der Waals surface area (Å²) < 4.78 is 0. The summed E-state index contributed by atoms with van der Waals surface area (Å²) in [6, 6.07) is -0.453. The maximum Gasteiger partial charge on any atom is 0.242 e. The Bertz CT molecular complexity index is 359. The highest BCUT2D eigenvalue weighted by Crippen LogP contribution is 2.15. The van der Waals surface area contributed by atoms with Crippen LogP contribution in [0.2, 0.25) is 0 Å². The molecule has 0 aliphatic rings. The van der Waals surface area contributed by atoms with Crippen LogP contribution in [0, 0.1) is 6.92 Å². The summed E-state index contributed by atoms with van der Waals surface area (Å²) in [7, 11) is 0. The topological polar surface area (TPSA) is 83.8 Å². The number of carbonyl (C=O) groups excluding carboxylic acids is 1. The average Bonchev–Trinajstić information content (AvgIpc) is 2.60. The van der Waals surface area contributed by atoms with Gasteiger partial charge in [0.15, 0.2) is 5.82 Å². The molecule has 0 saturated heterocycles. The summed E-state index contributed by atoms with van der Waals surface area (Å²) in [5.41, 5.74) is 7.74. The van der Waals surface area contributed by atoms with E-state index in [2.05, 4.69) is 15.5 Å². The SMILES string of the molecule is CCCC(N)C(=O)Nc1n[nH]c(CC)c1C. The first kappa shape index (κ1) is 12.7. The van der Waals surface area contributed by atoms with E-state index < -0.39 is 6.04 Å². The number of carbonyl (C=O) groups is 1. The molecule has 0 aliphatic heterocycles. The molecule has 5 nitrogen and oxygen atoms in total. The molecule has 4 N–H and O–H groups in total. The minimum atomic E-state index is -0.453. The number of nitrogens with one attached hydrogen (secondary N) is 2. The van der Waals surface area contributed by atoms with Crippen molar-refractivity contribution in [1.82, 2.24) is 10.2 Å². The number of aromatic nitrogens is 2. The fourth-order valence-electron chi connectivity index (χ4n) is 1.55. The van der Waals surface area contributed by atoms with Crippen LogP contribution in [0.15, 0.2) is 0 Å². The van der Waals surface area contributed by atoms with Crippen LogP contribution in [0.5, 0.6) is 0 Å². The minimum absolute atomic E-state index is 0.167. The molecule has 5 heteroatoms. The molecular formula is C11H20N4O. The van der Waals surface area contributed by atoms with Gasteiger partial charge >= 0.3 is 0 Å². The number of hydrogen-bond donors (Lipinski definition) is 3. The fraction of sp³-hybridized carbons (Fsp3) is 0.636. The van der Waals surface area contributed by atoms with E-state index in [9.17, 15) is 4.79 Å². The van der Waals surface area contributed by atoms with Gasteiger partial charge < -0.3 is 11.1 Å². The van der Waals surface area contributed by atoms with Crippen molar-refractivity contribution in [3.63, 3.8) is 0 Å². The predicted octanol–water partition coefficient (Wildman–Crippen LogP) is 1.35. The van der Waals surface area contributed by atoms with Crippen molar-refractivity contribution in [1.29, 1.82) is 0 Å². The van der Waals surface area contributed by atoms with Gasteiger partial charge in [-0.25, -0.2) is 0 Å². The van der Waals surface area contributed by atoms with Gasteiger partial charge in [-0.1, -0.05) is 20.3 Å². The second kappa shape index (κ2) is 5.65. The minimum Gasteiger partial charge on any atom is -0.320 e. The number of rotatable bonds is 5. The van der Waals surface area contributed by atoms with Crippen LogP contribution in [0.25, 0.3) is 0 Å². The van der Waals surface area contributed by atoms with Crippen LogP contribution in [0.4, 0.5) is 5.82 Å². The normalized spacial score (nSPS) is 12.5. The van der Waals surface area contributed by atoms with E-state index in [1.165, 1.54) is 0 Å². The lowest BCUT2D eigenvalue weighted by Crippen LogP contribution is -2.35. The number of aryl methyl sites for hydroxylation is 1. The van der Waals surface area contributed by atoms with E-state index in [4.69, 9.17) is 5.73 Å². The van der Waals surface area contributed by atoms with Gasteiger partial charge in [-0.05, 0) is 19.8 Å². The number of amides is 1. The number of H-pyrrole nitrogens is 1. The van der Waals surface area contributed by atoms with Crippen molar-refractivity contribution in [2.24, 2.45) is 5.73 Å². The Balaban J connectivity index is 2.66. The monoisotopic (exact) mass is 224 g/mol. The zero-order valence-corrected chi connectivity index (χ0v) is 10.1. The van der Waals surface area contributed by atoms with Crippen molar-refractivity contribution < 1.29 is 4.79 Å². The fourth-order valence-corrected chi connectivity index (χ4v) is 1.55. The largest absolute Gasteiger partial charge is 0.320 e. The molecule has 0 aromatic carbocycles. The summed E-state index contributed by atoms with van der Waals surface area (Å²) >= 11 is 0. The van der Waals surface area contributed by atoms with Crippen LogP contribution < -0.4 is 11.1 Å². The first-order valence-corrected chi connectivity index (χ1v) is 5.70. The standard InChI is InChI=1S/C11H20N4O/c1-4-6-8(12)11(16)13-10-7(3)9(5-2)14-15-10/h8H,4-6,12H2,1-3H3,(H2,13,14,15,16). The third kappa shape index (κ3) is 2.82. The highest BCUT2D eigenvalue weighted by molar-refractivity contribution is 5.94. The second-order valence-corrected chi connectivity index (χ2v) is 3.91. The highest BCUT2D eigenvalue weighted by atomic mass is 16.2. The van der Waals surface area contributed by atoms with Gasteiger partial charge in [-0.2, -0.15) is 5.10 Å². The Labute approximate surface area is 95.8 Å². The lowest BCUT2D eigenvalue weighted by Gasteiger charge is -2.09. The van der Waals surface area contributed by atoms with Crippen LogP contribution >= 0.6 is 0 Å². The molecule has 1 atom stereocenters. The summed E-state index contributed by atoms with van der Waals surface area (Å²) in [5, 5.41) is 9.69. The van der Waals surface area contributed by atoms with E-state index in [-0.39, 0.29) is 5.91 Å². The van der Waals surface area contributed by atoms with Crippen LogP contribution in [-0.4, -0.2) is 22.1 Å². The smallest absolute Gasteiger partial charge is 0.242 e. The third-order valence-electron chi connectivity index (χ3n) is 2.64. The zero-order chi connectivity index (χ0) is 12.1. The number of nitrogens with zero attached hydrogens (tertiary/aromatic N) is 1. The molecule has 0 spiro atoms. The van der Waals surface area contributed by atoms with Crippen LogP contribution in [0.3, 0.4) is 0 Å². The second-order valence-electron chi connectivity index (χ2n) is 3.91. The molecule has 1 aromatic rings. The van der Waals surface area contributed by atoms with Gasteiger partial charge in [-0.15, -0.1) is 0 Å². The lowest BCUT2D eigenvalue weighted by atomic mass is 10.1. The van der Waals surface area contributed by atoms with Crippen LogP contribution in [0.1, 0.15) is 37.9 Å². The molecule has 1 heterocycles. The average molecular weight is 224 g/mol. The molecule has 0 aliphatic carbocycles. The molecule has 0 saturated carbocycles. The molecule has 0 radical (unpaired) electrons. The Morgan fingerprint density at radius 2 is 2.25 bits per heavy atom.